The molecule has 1 N–H and O–H groups in total. The van der Waals surface area contributed by atoms with Gasteiger partial charge in [0.25, 0.3) is 5.91 Å². The summed E-state index contributed by atoms with van der Waals surface area (Å²) in [5, 5.41) is 3.16. The van der Waals surface area contributed by atoms with Gasteiger partial charge >= 0.3 is 5.97 Å². The van der Waals surface area contributed by atoms with Gasteiger partial charge in [-0.1, -0.05) is 17.7 Å². The molecule has 7 heteroatoms. The van der Waals surface area contributed by atoms with Crippen molar-refractivity contribution in [2.75, 3.05) is 18.7 Å². The standard InChI is InChI=1S/C18H14ClNO5/c19-13-3-5-14(6-4-13)20-17(21)10-23-18(22)8-2-12-1-7-15-16(9-12)25-11-24-15/h1-9H,10-11H2,(H,20,21). The van der Waals surface area contributed by atoms with Crippen LogP contribution in [0.2, 0.25) is 5.02 Å². The van der Waals surface area contributed by atoms with Gasteiger partial charge in [-0.2, -0.15) is 0 Å². The smallest absolute Gasteiger partial charge is 0.331 e. The van der Waals surface area contributed by atoms with Gasteiger partial charge in [-0.15, -0.1) is 0 Å². The minimum Gasteiger partial charge on any atom is -0.454 e. The average molecular weight is 360 g/mol. The molecule has 0 saturated carbocycles. The maximum absolute atomic E-state index is 11.7. The molecule has 1 aliphatic heterocycles. The van der Waals surface area contributed by atoms with E-state index in [1.807, 2.05) is 0 Å². The van der Waals surface area contributed by atoms with E-state index in [9.17, 15) is 9.59 Å². The topological polar surface area (TPSA) is 73.9 Å². The summed E-state index contributed by atoms with van der Waals surface area (Å²) in [4.78, 5) is 23.4. The van der Waals surface area contributed by atoms with Crippen molar-refractivity contribution in [1.29, 1.82) is 0 Å². The quantitative estimate of drug-likeness (QED) is 0.655. The highest BCUT2D eigenvalue weighted by molar-refractivity contribution is 6.30. The first-order valence-corrected chi connectivity index (χ1v) is 7.78. The van der Waals surface area contributed by atoms with Gasteiger partial charge in [0.1, 0.15) is 0 Å². The normalized spacial score (nSPS) is 12.2. The molecule has 0 fully saturated rings. The lowest BCUT2D eigenvalue weighted by Gasteiger charge is -2.05. The van der Waals surface area contributed by atoms with Crippen molar-refractivity contribution < 1.29 is 23.8 Å². The molecule has 2 aromatic rings. The van der Waals surface area contributed by atoms with E-state index < -0.39 is 11.9 Å². The van der Waals surface area contributed by atoms with Crippen LogP contribution in [-0.4, -0.2) is 25.3 Å². The van der Waals surface area contributed by atoms with Crippen molar-refractivity contribution in [1.82, 2.24) is 0 Å². The van der Waals surface area contributed by atoms with E-state index in [0.29, 0.717) is 22.2 Å². The summed E-state index contributed by atoms with van der Waals surface area (Å²) in [6, 6.07) is 11.9. The molecule has 1 amide bonds. The number of ether oxygens (including phenoxy) is 3. The van der Waals surface area contributed by atoms with Crippen LogP contribution in [0.3, 0.4) is 0 Å². The molecule has 0 radical (unpaired) electrons. The van der Waals surface area contributed by atoms with Gasteiger partial charge in [-0.05, 0) is 48.0 Å². The summed E-state index contributed by atoms with van der Waals surface area (Å²) >= 11 is 5.76. The minimum atomic E-state index is -0.621. The second-order valence-electron chi connectivity index (χ2n) is 5.11. The Labute approximate surface area is 148 Å². The van der Waals surface area contributed by atoms with Crippen LogP contribution in [0.4, 0.5) is 5.69 Å². The van der Waals surface area contributed by atoms with Crippen molar-refractivity contribution >= 4 is 35.2 Å². The molecule has 0 spiro atoms. The number of carbonyl (C=O) groups is 2. The number of amides is 1. The number of fused-ring (bicyclic) bond motifs is 1. The largest absolute Gasteiger partial charge is 0.454 e. The summed E-state index contributed by atoms with van der Waals surface area (Å²) < 4.78 is 15.4. The zero-order chi connectivity index (χ0) is 17.6. The molecule has 6 nitrogen and oxygen atoms in total. The Hall–Kier alpha value is -2.99. The summed E-state index contributed by atoms with van der Waals surface area (Å²) in [5.74, 6) is 0.229. The lowest BCUT2D eigenvalue weighted by molar-refractivity contribution is -0.142. The molecular weight excluding hydrogens is 346 g/mol. The van der Waals surface area contributed by atoms with Crippen molar-refractivity contribution in [3.63, 3.8) is 0 Å². The SMILES string of the molecule is O=C(COC(=O)C=Cc1ccc2c(c1)OCO2)Nc1ccc(Cl)cc1. The Morgan fingerprint density at radius 1 is 1.12 bits per heavy atom. The second-order valence-corrected chi connectivity index (χ2v) is 5.55. The van der Waals surface area contributed by atoms with E-state index in [2.05, 4.69) is 5.32 Å². The minimum absolute atomic E-state index is 0.188. The Morgan fingerprint density at radius 2 is 1.88 bits per heavy atom. The predicted molar refractivity (Wildman–Crippen MR) is 92.6 cm³/mol. The molecule has 0 aromatic heterocycles. The van der Waals surface area contributed by atoms with Gasteiger partial charge in [0, 0.05) is 16.8 Å². The third-order valence-electron chi connectivity index (χ3n) is 3.28. The highest BCUT2D eigenvalue weighted by Crippen LogP contribution is 2.32. The number of carbonyl (C=O) groups excluding carboxylic acids is 2. The fraction of sp³-hybridized carbons (Fsp3) is 0.111. The van der Waals surface area contributed by atoms with Gasteiger partial charge in [0.05, 0.1) is 0 Å². The molecule has 0 aliphatic carbocycles. The summed E-state index contributed by atoms with van der Waals surface area (Å²) in [7, 11) is 0. The molecule has 128 valence electrons. The van der Waals surface area contributed by atoms with Crippen LogP contribution in [-0.2, 0) is 14.3 Å². The van der Waals surface area contributed by atoms with Crippen molar-refractivity contribution in [2.45, 2.75) is 0 Å². The molecule has 3 rings (SSSR count). The summed E-state index contributed by atoms with van der Waals surface area (Å²) in [6.07, 6.45) is 2.81. The van der Waals surface area contributed by atoms with Crippen LogP contribution >= 0.6 is 11.6 Å². The molecule has 2 aromatic carbocycles. The lowest BCUT2D eigenvalue weighted by atomic mass is 10.2. The monoisotopic (exact) mass is 359 g/mol. The number of nitrogens with one attached hydrogen (secondary N) is 1. The van der Waals surface area contributed by atoms with E-state index in [-0.39, 0.29) is 13.4 Å². The molecule has 0 unspecified atom stereocenters. The third kappa shape index (κ3) is 4.74. The fourth-order valence-corrected chi connectivity index (χ4v) is 2.22. The van der Waals surface area contributed by atoms with Crippen LogP contribution in [0.1, 0.15) is 5.56 Å². The van der Waals surface area contributed by atoms with Gasteiger partial charge in [0.15, 0.2) is 18.1 Å². The number of rotatable bonds is 5. The van der Waals surface area contributed by atoms with E-state index in [4.69, 9.17) is 25.8 Å². The Balaban J connectivity index is 1.47. The van der Waals surface area contributed by atoms with Crippen molar-refractivity contribution in [2.24, 2.45) is 0 Å². The average Bonchev–Trinajstić information content (AvgIpc) is 3.08. The van der Waals surface area contributed by atoms with Crippen LogP contribution in [0.15, 0.2) is 48.5 Å². The van der Waals surface area contributed by atoms with E-state index in [1.54, 1.807) is 48.5 Å². The Morgan fingerprint density at radius 3 is 2.68 bits per heavy atom. The lowest BCUT2D eigenvalue weighted by Crippen LogP contribution is -2.20. The summed E-state index contributed by atoms with van der Waals surface area (Å²) in [5.41, 5.74) is 1.33. The molecule has 1 aliphatic rings. The van der Waals surface area contributed by atoms with Gasteiger partial charge < -0.3 is 19.5 Å². The number of benzene rings is 2. The van der Waals surface area contributed by atoms with Crippen LogP contribution in [0.5, 0.6) is 11.5 Å². The van der Waals surface area contributed by atoms with Gasteiger partial charge in [-0.3, -0.25) is 4.79 Å². The first-order chi connectivity index (χ1) is 12.1. The maximum Gasteiger partial charge on any atom is 0.331 e. The third-order valence-corrected chi connectivity index (χ3v) is 3.53. The molecule has 25 heavy (non-hydrogen) atoms. The highest BCUT2D eigenvalue weighted by atomic mass is 35.5. The molecule has 0 saturated heterocycles. The first kappa shape index (κ1) is 16.9. The fourth-order valence-electron chi connectivity index (χ4n) is 2.10. The maximum atomic E-state index is 11.7. The van der Waals surface area contributed by atoms with Gasteiger partial charge in [-0.25, -0.2) is 4.79 Å². The number of hydrogen-bond donors (Lipinski definition) is 1. The molecule has 0 atom stereocenters. The van der Waals surface area contributed by atoms with Crippen molar-refractivity contribution in [3.8, 4) is 11.5 Å². The zero-order valence-electron chi connectivity index (χ0n) is 13.0. The number of halogens is 1. The number of esters is 1. The first-order valence-electron chi connectivity index (χ1n) is 7.40. The highest BCUT2D eigenvalue weighted by Gasteiger charge is 2.12. The van der Waals surface area contributed by atoms with E-state index in [1.165, 1.54) is 6.08 Å². The van der Waals surface area contributed by atoms with E-state index in [0.717, 1.165) is 5.56 Å². The molecular formula is C18H14ClNO5. The van der Waals surface area contributed by atoms with Crippen LogP contribution in [0, 0.1) is 0 Å². The second kappa shape index (κ2) is 7.72. The van der Waals surface area contributed by atoms with Gasteiger partial charge in [0.2, 0.25) is 6.79 Å². The Kier molecular flexibility index (Phi) is 5.20. The van der Waals surface area contributed by atoms with Crippen LogP contribution < -0.4 is 14.8 Å². The summed E-state index contributed by atoms with van der Waals surface area (Å²) in [6.45, 7) is -0.194. The predicted octanol–water partition coefficient (Wildman–Crippen LogP) is 3.26. The zero-order valence-corrected chi connectivity index (χ0v) is 13.8. The van der Waals surface area contributed by atoms with Crippen molar-refractivity contribution in [3.05, 3.63) is 59.1 Å². The Bertz CT molecular complexity index is 817. The number of hydrogen-bond acceptors (Lipinski definition) is 5. The number of anilines is 1. The molecule has 0 bridgehead atoms. The molecule has 1 heterocycles. The van der Waals surface area contributed by atoms with E-state index >= 15 is 0 Å². The van der Waals surface area contributed by atoms with Crippen LogP contribution in [0.25, 0.3) is 6.08 Å².